The first-order chi connectivity index (χ1) is 6.72. The molecule has 5 nitrogen and oxygen atoms in total. The highest BCUT2D eigenvalue weighted by atomic mass is 16.5. The lowest BCUT2D eigenvalue weighted by atomic mass is 10.5. The summed E-state index contributed by atoms with van der Waals surface area (Å²) in [6.07, 6.45) is 1.50. The highest BCUT2D eigenvalue weighted by Crippen LogP contribution is 2.13. The van der Waals surface area contributed by atoms with Crippen molar-refractivity contribution in [3.63, 3.8) is 0 Å². The molecule has 0 atom stereocenters. The second-order valence-electron chi connectivity index (χ2n) is 3.00. The fourth-order valence-electron chi connectivity index (χ4n) is 0.871. The Kier molecular flexibility index (Phi) is 4.12. The summed E-state index contributed by atoms with van der Waals surface area (Å²) in [6, 6.07) is 1.65. The third-order valence-electron chi connectivity index (χ3n) is 1.34. The van der Waals surface area contributed by atoms with Crippen molar-refractivity contribution in [2.75, 3.05) is 13.2 Å². The van der Waals surface area contributed by atoms with Gasteiger partial charge in [0.15, 0.2) is 0 Å². The van der Waals surface area contributed by atoms with Crippen LogP contribution in [-0.4, -0.2) is 29.2 Å². The summed E-state index contributed by atoms with van der Waals surface area (Å²) in [6.45, 7) is 4.77. The second kappa shape index (κ2) is 5.39. The topological polar surface area (TPSA) is 70.3 Å². The van der Waals surface area contributed by atoms with Gasteiger partial charge in [-0.3, -0.25) is 0 Å². The molecule has 2 N–H and O–H groups in total. The largest absolute Gasteiger partial charge is 0.476 e. The molecule has 0 unspecified atom stereocenters. The van der Waals surface area contributed by atoms with Crippen molar-refractivity contribution in [2.45, 2.75) is 20.0 Å². The van der Waals surface area contributed by atoms with Crippen LogP contribution in [0.4, 0.5) is 0 Å². The molecule has 0 aliphatic rings. The van der Waals surface area contributed by atoms with Crippen molar-refractivity contribution in [2.24, 2.45) is 5.73 Å². The molecule has 0 fully saturated rings. The second-order valence-corrected chi connectivity index (χ2v) is 3.00. The maximum Gasteiger partial charge on any atom is 0.220 e. The number of ether oxygens (including phenoxy) is 2. The van der Waals surface area contributed by atoms with Crippen molar-refractivity contribution < 1.29 is 9.47 Å². The quantitative estimate of drug-likeness (QED) is 0.748. The minimum Gasteiger partial charge on any atom is -0.476 e. The maximum absolute atomic E-state index is 5.37. The van der Waals surface area contributed by atoms with Crippen molar-refractivity contribution in [3.8, 4) is 11.8 Å². The van der Waals surface area contributed by atoms with E-state index in [2.05, 4.69) is 9.97 Å². The van der Waals surface area contributed by atoms with Gasteiger partial charge in [0.25, 0.3) is 0 Å². The Morgan fingerprint density at radius 2 is 2.07 bits per heavy atom. The first-order valence-corrected chi connectivity index (χ1v) is 4.54. The molecule has 0 bridgehead atoms. The summed E-state index contributed by atoms with van der Waals surface area (Å²) in [5, 5.41) is 0. The van der Waals surface area contributed by atoms with Gasteiger partial charge >= 0.3 is 0 Å². The van der Waals surface area contributed by atoms with E-state index in [0.717, 1.165) is 0 Å². The smallest absolute Gasteiger partial charge is 0.220 e. The lowest BCUT2D eigenvalue weighted by Crippen LogP contribution is -2.12. The van der Waals surface area contributed by atoms with E-state index in [1.807, 2.05) is 13.8 Å². The number of rotatable bonds is 5. The van der Waals surface area contributed by atoms with Crippen LogP contribution in [-0.2, 0) is 0 Å². The normalized spacial score (nSPS) is 10.3. The van der Waals surface area contributed by atoms with Gasteiger partial charge in [-0.2, -0.15) is 0 Å². The molecule has 1 aromatic heterocycles. The Bertz CT molecular complexity index is 279. The highest BCUT2D eigenvalue weighted by molar-refractivity contribution is 5.18. The maximum atomic E-state index is 5.37. The van der Waals surface area contributed by atoms with E-state index in [0.29, 0.717) is 24.9 Å². The van der Waals surface area contributed by atoms with Crippen molar-refractivity contribution in [1.29, 1.82) is 0 Å². The van der Waals surface area contributed by atoms with E-state index < -0.39 is 0 Å². The average molecular weight is 197 g/mol. The fourth-order valence-corrected chi connectivity index (χ4v) is 0.871. The van der Waals surface area contributed by atoms with Gasteiger partial charge in [-0.05, 0) is 13.8 Å². The molecular formula is C9H15N3O2. The predicted molar refractivity (Wildman–Crippen MR) is 52.3 cm³/mol. The fraction of sp³-hybridized carbons (Fsp3) is 0.556. The molecular weight excluding hydrogens is 182 g/mol. The molecule has 0 aromatic carbocycles. The molecule has 0 aliphatic heterocycles. The Labute approximate surface area is 83.3 Å². The molecule has 1 aromatic rings. The van der Waals surface area contributed by atoms with E-state index >= 15 is 0 Å². The van der Waals surface area contributed by atoms with Crippen molar-refractivity contribution in [3.05, 3.63) is 12.4 Å². The van der Waals surface area contributed by atoms with Gasteiger partial charge < -0.3 is 15.2 Å². The van der Waals surface area contributed by atoms with Gasteiger partial charge in [-0.1, -0.05) is 0 Å². The van der Waals surface area contributed by atoms with Crippen LogP contribution in [0.2, 0.25) is 0 Å². The summed E-state index contributed by atoms with van der Waals surface area (Å²) >= 11 is 0. The number of nitrogens with two attached hydrogens (primary N) is 1. The zero-order valence-electron chi connectivity index (χ0n) is 8.43. The number of nitrogens with zero attached hydrogens (tertiary/aromatic N) is 2. The standard InChI is InChI=1S/C9H15N3O2/c1-7(2)14-9-5-8(11-6-12-9)13-4-3-10/h5-7H,3-4,10H2,1-2H3. The monoisotopic (exact) mass is 197 g/mol. The molecule has 0 radical (unpaired) electrons. The van der Waals surface area contributed by atoms with Gasteiger partial charge in [0, 0.05) is 6.54 Å². The zero-order chi connectivity index (χ0) is 10.4. The lowest BCUT2D eigenvalue weighted by Gasteiger charge is -2.09. The molecule has 1 rings (SSSR count). The first-order valence-electron chi connectivity index (χ1n) is 4.54. The highest BCUT2D eigenvalue weighted by Gasteiger charge is 2.02. The van der Waals surface area contributed by atoms with Crippen LogP contribution in [0.3, 0.4) is 0 Å². The Morgan fingerprint density at radius 3 is 2.71 bits per heavy atom. The van der Waals surface area contributed by atoms with Gasteiger partial charge in [0.1, 0.15) is 12.9 Å². The van der Waals surface area contributed by atoms with Crippen LogP contribution >= 0.6 is 0 Å². The summed E-state index contributed by atoms with van der Waals surface area (Å²) in [7, 11) is 0. The molecule has 78 valence electrons. The Hall–Kier alpha value is -1.36. The van der Waals surface area contributed by atoms with Crippen LogP contribution < -0.4 is 15.2 Å². The summed E-state index contributed by atoms with van der Waals surface area (Å²) in [5.74, 6) is 1.00. The average Bonchev–Trinajstić information content (AvgIpc) is 2.14. The van der Waals surface area contributed by atoms with Gasteiger partial charge in [0.05, 0.1) is 12.2 Å². The Morgan fingerprint density at radius 1 is 1.36 bits per heavy atom. The third-order valence-corrected chi connectivity index (χ3v) is 1.34. The molecule has 1 heterocycles. The molecule has 0 amide bonds. The SMILES string of the molecule is CC(C)Oc1cc(OCCN)ncn1. The first kappa shape index (κ1) is 10.7. The predicted octanol–water partition coefficient (Wildman–Crippen LogP) is 0.601. The summed E-state index contributed by atoms with van der Waals surface area (Å²) < 4.78 is 10.6. The van der Waals surface area contributed by atoms with E-state index in [1.54, 1.807) is 6.07 Å². The van der Waals surface area contributed by atoms with Gasteiger partial charge in [0.2, 0.25) is 11.8 Å². The summed E-state index contributed by atoms with van der Waals surface area (Å²) in [4.78, 5) is 7.86. The van der Waals surface area contributed by atoms with Crippen LogP contribution in [0.5, 0.6) is 11.8 Å². The summed E-state index contributed by atoms with van der Waals surface area (Å²) in [5.41, 5.74) is 5.30. The lowest BCUT2D eigenvalue weighted by molar-refractivity contribution is 0.229. The molecule has 0 aliphatic carbocycles. The molecule has 0 saturated heterocycles. The van der Waals surface area contributed by atoms with E-state index in [4.69, 9.17) is 15.2 Å². The van der Waals surface area contributed by atoms with Crippen LogP contribution in [0.1, 0.15) is 13.8 Å². The van der Waals surface area contributed by atoms with Crippen LogP contribution in [0.15, 0.2) is 12.4 Å². The van der Waals surface area contributed by atoms with Crippen molar-refractivity contribution in [1.82, 2.24) is 9.97 Å². The number of aromatic nitrogens is 2. The van der Waals surface area contributed by atoms with Gasteiger partial charge in [-0.15, -0.1) is 0 Å². The minimum atomic E-state index is 0.0901. The molecule has 0 spiro atoms. The molecule has 5 heteroatoms. The molecule has 14 heavy (non-hydrogen) atoms. The van der Waals surface area contributed by atoms with Crippen molar-refractivity contribution >= 4 is 0 Å². The van der Waals surface area contributed by atoms with E-state index in [1.165, 1.54) is 6.33 Å². The zero-order valence-corrected chi connectivity index (χ0v) is 8.43. The van der Waals surface area contributed by atoms with E-state index in [-0.39, 0.29) is 6.10 Å². The van der Waals surface area contributed by atoms with Crippen LogP contribution in [0, 0.1) is 0 Å². The Balaban J connectivity index is 2.59. The van der Waals surface area contributed by atoms with Gasteiger partial charge in [-0.25, -0.2) is 9.97 Å². The number of hydrogen-bond acceptors (Lipinski definition) is 5. The van der Waals surface area contributed by atoms with Crippen LogP contribution in [0.25, 0.3) is 0 Å². The number of hydrogen-bond donors (Lipinski definition) is 1. The third kappa shape index (κ3) is 3.57. The minimum absolute atomic E-state index is 0.0901. The molecule has 0 saturated carbocycles. The van der Waals surface area contributed by atoms with E-state index in [9.17, 15) is 0 Å².